The highest BCUT2D eigenvalue weighted by Crippen LogP contribution is 2.26. The van der Waals surface area contributed by atoms with Crippen LogP contribution >= 0.6 is 15.9 Å². The van der Waals surface area contributed by atoms with E-state index in [1.807, 2.05) is 4.72 Å². The molecule has 0 spiro atoms. The van der Waals surface area contributed by atoms with Gasteiger partial charge in [-0.25, -0.2) is 8.42 Å². The van der Waals surface area contributed by atoms with Crippen LogP contribution in [0.1, 0.15) is 0 Å². The molecule has 8 heteroatoms. The fourth-order valence-electron chi connectivity index (χ4n) is 1.21. The Bertz CT molecular complexity index is 557. The molecule has 0 aliphatic rings. The van der Waals surface area contributed by atoms with E-state index in [0.29, 0.717) is 10.2 Å². The predicted octanol–water partition coefficient (Wildman–Crippen LogP) is 0.878. The molecule has 18 heavy (non-hydrogen) atoms. The van der Waals surface area contributed by atoms with E-state index in [4.69, 9.17) is 5.11 Å². The number of halogens is 1. The average molecular weight is 337 g/mol. The van der Waals surface area contributed by atoms with Crippen LogP contribution < -0.4 is 9.62 Å². The summed E-state index contributed by atoms with van der Waals surface area (Å²) < 4.78 is 26.2. The molecule has 0 unspecified atom stereocenters. The van der Waals surface area contributed by atoms with Crippen molar-refractivity contribution in [2.24, 2.45) is 0 Å². The topological polar surface area (TPSA) is 86.7 Å². The minimum Gasteiger partial charge on any atom is -0.480 e. The van der Waals surface area contributed by atoms with Crippen LogP contribution in [-0.2, 0) is 14.8 Å². The van der Waals surface area contributed by atoms with E-state index < -0.39 is 22.5 Å². The van der Waals surface area contributed by atoms with Crippen LogP contribution in [-0.4, -0.2) is 40.1 Å². The summed E-state index contributed by atoms with van der Waals surface area (Å²) in [6.45, 7) is -0.652. The van der Waals surface area contributed by atoms with Crippen molar-refractivity contribution in [3.63, 3.8) is 0 Å². The molecule has 0 atom stereocenters. The number of nitrogens with zero attached hydrogens (tertiary/aromatic N) is 1. The number of hydrogen-bond acceptors (Lipinski definition) is 4. The third-order valence-electron chi connectivity index (χ3n) is 2.13. The predicted molar refractivity (Wildman–Crippen MR) is 71.3 cm³/mol. The number of carboxylic acids is 1. The maximum absolute atomic E-state index is 11.9. The number of carboxylic acid groups (broad SMARTS) is 1. The molecule has 0 fully saturated rings. The summed E-state index contributed by atoms with van der Waals surface area (Å²) in [5.41, 5.74) is 0.703. The Morgan fingerprint density at radius 2 is 2.06 bits per heavy atom. The summed E-state index contributed by atoms with van der Waals surface area (Å²) >= 11 is 3.14. The Hall–Kier alpha value is -1.12. The number of benzene rings is 1. The van der Waals surface area contributed by atoms with Crippen LogP contribution in [0.15, 0.2) is 27.6 Å². The fraction of sp³-hybridized carbons (Fsp3) is 0.300. The minimum absolute atomic E-state index is 0.00921. The second kappa shape index (κ2) is 5.68. The summed E-state index contributed by atoms with van der Waals surface area (Å²) in [5.74, 6) is -1.24. The van der Waals surface area contributed by atoms with Crippen LogP contribution in [0.25, 0.3) is 0 Å². The largest absolute Gasteiger partial charge is 0.480 e. The number of rotatable bonds is 5. The second-order valence-corrected chi connectivity index (χ2v) is 6.32. The lowest BCUT2D eigenvalue weighted by Crippen LogP contribution is -2.29. The molecule has 100 valence electrons. The quantitative estimate of drug-likeness (QED) is 0.833. The van der Waals surface area contributed by atoms with Gasteiger partial charge in [0.25, 0.3) is 0 Å². The molecule has 0 amide bonds. The molecule has 1 aromatic rings. The van der Waals surface area contributed by atoms with Crippen molar-refractivity contribution in [1.29, 1.82) is 0 Å². The normalized spacial score (nSPS) is 11.3. The maximum atomic E-state index is 11.9. The Kier molecular flexibility index (Phi) is 4.71. The zero-order valence-electron chi connectivity index (χ0n) is 9.84. The van der Waals surface area contributed by atoms with Crippen molar-refractivity contribution in [1.82, 2.24) is 4.72 Å². The van der Waals surface area contributed by atoms with Gasteiger partial charge in [0.15, 0.2) is 0 Å². The van der Waals surface area contributed by atoms with Gasteiger partial charge in [0.05, 0.1) is 4.90 Å². The molecular weight excluding hydrogens is 324 g/mol. The van der Waals surface area contributed by atoms with Gasteiger partial charge in [0.2, 0.25) is 10.0 Å². The first-order chi connectivity index (χ1) is 8.24. The number of aliphatic carboxylic acids is 1. The van der Waals surface area contributed by atoms with Gasteiger partial charge in [0, 0.05) is 24.3 Å². The molecule has 2 N–H and O–H groups in total. The number of anilines is 1. The number of nitrogens with one attached hydrogen (secondary N) is 1. The average Bonchev–Trinajstić information content (AvgIpc) is 2.26. The van der Waals surface area contributed by atoms with Crippen molar-refractivity contribution in [2.45, 2.75) is 4.90 Å². The first kappa shape index (κ1) is 14.9. The molecule has 0 aliphatic carbocycles. The molecule has 0 radical (unpaired) electrons. The molecule has 6 nitrogen and oxygen atoms in total. The Labute approximate surface area is 114 Å². The highest BCUT2D eigenvalue weighted by atomic mass is 79.9. The summed E-state index contributed by atoms with van der Waals surface area (Å²) in [4.78, 5) is 12.2. The van der Waals surface area contributed by atoms with Crippen molar-refractivity contribution in [2.75, 3.05) is 25.5 Å². The summed E-state index contributed by atoms with van der Waals surface area (Å²) in [5, 5.41) is 8.49. The second-order valence-electron chi connectivity index (χ2n) is 3.73. The highest BCUT2D eigenvalue weighted by Gasteiger charge is 2.19. The Morgan fingerprint density at radius 1 is 1.44 bits per heavy atom. The Balaban J connectivity index is 3.14. The van der Waals surface area contributed by atoms with Gasteiger partial charge in [-0.1, -0.05) is 0 Å². The number of carbonyl (C=O) groups is 1. The van der Waals surface area contributed by atoms with E-state index in [9.17, 15) is 13.2 Å². The lowest BCUT2D eigenvalue weighted by molar-refractivity contribution is -0.135. The lowest BCUT2D eigenvalue weighted by atomic mass is 10.3. The van der Waals surface area contributed by atoms with Crippen molar-refractivity contribution < 1.29 is 18.3 Å². The van der Waals surface area contributed by atoms with E-state index in [2.05, 4.69) is 15.9 Å². The first-order valence-corrected chi connectivity index (χ1v) is 7.20. The van der Waals surface area contributed by atoms with Crippen LogP contribution in [0.5, 0.6) is 0 Å². The number of sulfonamides is 1. The minimum atomic E-state index is -3.85. The van der Waals surface area contributed by atoms with Gasteiger partial charge in [-0.2, -0.15) is 4.72 Å². The van der Waals surface area contributed by atoms with E-state index in [-0.39, 0.29) is 4.90 Å². The van der Waals surface area contributed by atoms with E-state index in [1.165, 1.54) is 6.07 Å². The van der Waals surface area contributed by atoms with Crippen molar-refractivity contribution >= 4 is 37.6 Å². The van der Waals surface area contributed by atoms with Crippen molar-refractivity contribution in [3.8, 4) is 0 Å². The third-order valence-corrected chi connectivity index (χ3v) is 4.53. The third kappa shape index (κ3) is 3.69. The van der Waals surface area contributed by atoms with Gasteiger partial charge >= 0.3 is 5.97 Å². The van der Waals surface area contributed by atoms with Crippen molar-refractivity contribution in [3.05, 3.63) is 22.7 Å². The molecule has 1 rings (SSSR count). The van der Waals surface area contributed by atoms with Crippen LogP contribution in [0.4, 0.5) is 5.69 Å². The Morgan fingerprint density at radius 3 is 2.56 bits per heavy atom. The van der Waals surface area contributed by atoms with Crippen LogP contribution in [0, 0.1) is 0 Å². The molecule has 0 saturated heterocycles. The SMILES string of the molecule is CN(C)c1ccc(Br)c(S(=O)(=O)NCC(=O)O)c1. The van der Waals surface area contributed by atoms with Gasteiger partial charge in [-0.15, -0.1) is 0 Å². The molecular formula is C10H13BrN2O4S. The standard InChI is InChI=1S/C10H13BrN2O4S/c1-13(2)7-3-4-8(11)9(5-7)18(16,17)12-6-10(14)15/h3-5,12H,6H2,1-2H3,(H,14,15). The fourth-order valence-corrected chi connectivity index (χ4v) is 3.17. The monoisotopic (exact) mass is 336 g/mol. The first-order valence-electron chi connectivity index (χ1n) is 4.92. The summed E-state index contributed by atoms with van der Waals surface area (Å²) in [6.07, 6.45) is 0. The number of hydrogen-bond donors (Lipinski definition) is 2. The lowest BCUT2D eigenvalue weighted by Gasteiger charge is -2.15. The van der Waals surface area contributed by atoms with E-state index in [0.717, 1.165) is 0 Å². The zero-order chi connectivity index (χ0) is 13.9. The highest BCUT2D eigenvalue weighted by molar-refractivity contribution is 9.10. The molecule has 0 aliphatic heterocycles. The van der Waals surface area contributed by atoms with Gasteiger partial charge in [0.1, 0.15) is 6.54 Å². The summed E-state index contributed by atoms with van der Waals surface area (Å²) in [7, 11) is -0.282. The molecule has 0 saturated carbocycles. The smallest absolute Gasteiger partial charge is 0.318 e. The molecule has 0 bridgehead atoms. The van der Waals surface area contributed by atoms with E-state index in [1.54, 1.807) is 31.1 Å². The van der Waals surface area contributed by atoms with E-state index >= 15 is 0 Å². The van der Waals surface area contributed by atoms with Crippen LogP contribution in [0.3, 0.4) is 0 Å². The zero-order valence-corrected chi connectivity index (χ0v) is 12.2. The van der Waals surface area contributed by atoms with Crippen LogP contribution in [0.2, 0.25) is 0 Å². The molecule has 0 heterocycles. The van der Waals surface area contributed by atoms with Gasteiger partial charge in [-0.05, 0) is 34.1 Å². The maximum Gasteiger partial charge on any atom is 0.318 e. The van der Waals surface area contributed by atoms with Gasteiger partial charge < -0.3 is 10.0 Å². The summed E-state index contributed by atoms with van der Waals surface area (Å²) in [6, 6.07) is 4.82. The molecule has 1 aromatic carbocycles. The molecule has 0 aromatic heterocycles. The van der Waals surface area contributed by atoms with Gasteiger partial charge in [-0.3, -0.25) is 4.79 Å².